The highest BCUT2D eigenvalue weighted by Crippen LogP contribution is 2.22. The molecule has 1 N–H and O–H groups in total. The third-order valence-electron chi connectivity index (χ3n) is 3.90. The number of rotatable bonds is 3. The van der Waals surface area contributed by atoms with Crippen molar-refractivity contribution in [3.8, 4) is 0 Å². The summed E-state index contributed by atoms with van der Waals surface area (Å²) in [5.41, 5.74) is 0. The standard InChI is InChI=1S/C13H24N2O2.ClH/c1-2-17-13(16)11-4-3-9-15(10-11)12-5-7-14-8-6-12;/h11-12,14H,2-10H2,1H3;1H. The number of nitrogens with one attached hydrogen (secondary N) is 1. The summed E-state index contributed by atoms with van der Waals surface area (Å²) in [7, 11) is 0. The summed E-state index contributed by atoms with van der Waals surface area (Å²) in [6.45, 7) is 6.68. The van der Waals surface area contributed by atoms with Crippen molar-refractivity contribution < 1.29 is 9.53 Å². The van der Waals surface area contributed by atoms with Gasteiger partial charge in [0.2, 0.25) is 0 Å². The highest BCUT2D eigenvalue weighted by atomic mass is 35.5. The van der Waals surface area contributed by atoms with E-state index in [0.717, 1.165) is 39.0 Å². The molecule has 1 atom stereocenters. The molecule has 4 nitrogen and oxygen atoms in total. The van der Waals surface area contributed by atoms with Crippen LogP contribution in [0.4, 0.5) is 0 Å². The Hall–Kier alpha value is -0.320. The van der Waals surface area contributed by atoms with Crippen molar-refractivity contribution in [2.45, 2.75) is 38.6 Å². The second kappa shape index (κ2) is 7.97. The number of carbonyl (C=O) groups excluding carboxylic acids is 1. The topological polar surface area (TPSA) is 41.6 Å². The van der Waals surface area contributed by atoms with Crippen molar-refractivity contribution in [2.24, 2.45) is 5.92 Å². The molecule has 106 valence electrons. The van der Waals surface area contributed by atoms with Gasteiger partial charge in [-0.15, -0.1) is 12.4 Å². The number of esters is 1. The molecule has 2 heterocycles. The summed E-state index contributed by atoms with van der Waals surface area (Å²) in [5, 5.41) is 3.39. The third kappa shape index (κ3) is 4.11. The number of halogens is 1. The Bertz CT molecular complexity index is 257. The van der Waals surface area contributed by atoms with Gasteiger partial charge in [0.1, 0.15) is 0 Å². The van der Waals surface area contributed by atoms with E-state index >= 15 is 0 Å². The molecule has 18 heavy (non-hydrogen) atoms. The molecular formula is C13H25ClN2O2. The van der Waals surface area contributed by atoms with E-state index in [4.69, 9.17) is 4.74 Å². The third-order valence-corrected chi connectivity index (χ3v) is 3.90. The molecule has 0 saturated carbocycles. The van der Waals surface area contributed by atoms with Gasteiger partial charge >= 0.3 is 5.97 Å². The highest BCUT2D eigenvalue weighted by Gasteiger charge is 2.30. The number of piperidine rings is 2. The number of nitrogens with zero attached hydrogens (tertiary/aromatic N) is 1. The van der Waals surface area contributed by atoms with E-state index in [9.17, 15) is 4.79 Å². The van der Waals surface area contributed by atoms with Crippen LogP contribution in [0, 0.1) is 5.92 Å². The van der Waals surface area contributed by atoms with Crippen LogP contribution < -0.4 is 5.32 Å². The van der Waals surface area contributed by atoms with Crippen molar-refractivity contribution in [3.05, 3.63) is 0 Å². The van der Waals surface area contributed by atoms with Crippen molar-refractivity contribution in [1.82, 2.24) is 10.2 Å². The average Bonchev–Trinajstić information content (AvgIpc) is 2.40. The van der Waals surface area contributed by atoms with E-state index < -0.39 is 0 Å². The van der Waals surface area contributed by atoms with Crippen LogP contribution in [-0.2, 0) is 9.53 Å². The maximum atomic E-state index is 11.8. The molecule has 0 spiro atoms. The van der Waals surface area contributed by atoms with Crippen LogP contribution in [0.5, 0.6) is 0 Å². The zero-order valence-electron chi connectivity index (χ0n) is 11.2. The molecule has 2 aliphatic heterocycles. The van der Waals surface area contributed by atoms with Gasteiger partial charge in [0, 0.05) is 12.6 Å². The lowest BCUT2D eigenvalue weighted by molar-refractivity contribution is -0.150. The zero-order chi connectivity index (χ0) is 12.1. The second-order valence-electron chi connectivity index (χ2n) is 5.07. The number of carbonyl (C=O) groups is 1. The number of hydrogen-bond acceptors (Lipinski definition) is 4. The molecule has 5 heteroatoms. The van der Waals surface area contributed by atoms with Gasteiger partial charge in [0.05, 0.1) is 12.5 Å². The van der Waals surface area contributed by atoms with E-state index in [-0.39, 0.29) is 24.3 Å². The first-order chi connectivity index (χ1) is 8.31. The van der Waals surface area contributed by atoms with Crippen LogP contribution in [0.3, 0.4) is 0 Å². The fraction of sp³-hybridized carbons (Fsp3) is 0.923. The number of hydrogen-bond donors (Lipinski definition) is 1. The van der Waals surface area contributed by atoms with Gasteiger partial charge in [-0.1, -0.05) is 0 Å². The lowest BCUT2D eigenvalue weighted by Gasteiger charge is -2.39. The van der Waals surface area contributed by atoms with E-state index in [2.05, 4.69) is 10.2 Å². The lowest BCUT2D eigenvalue weighted by atomic mass is 9.94. The van der Waals surface area contributed by atoms with Crippen LogP contribution in [0.2, 0.25) is 0 Å². The molecule has 2 saturated heterocycles. The van der Waals surface area contributed by atoms with Gasteiger partial charge in [0.15, 0.2) is 0 Å². The normalized spacial score (nSPS) is 26.4. The van der Waals surface area contributed by atoms with Crippen LogP contribution in [0.25, 0.3) is 0 Å². The summed E-state index contributed by atoms with van der Waals surface area (Å²) < 4.78 is 5.14. The largest absolute Gasteiger partial charge is 0.466 e. The van der Waals surface area contributed by atoms with Gasteiger partial charge < -0.3 is 10.1 Å². The van der Waals surface area contributed by atoms with E-state index in [1.165, 1.54) is 12.8 Å². The Labute approximate surface area is 116 Å². The van der Waals surface area contributed by atoms with Crippen LogP contribution in [0.15, 0.2) is 0 Å². The van der Waals surface area contributed by atoms with Gasteiger partial charge in [-0.05, 0) is 52.2 Å². The van der Waals surface area contributed by atoms with Crippen molar-refractivity contribution >= 4 is 18.4 Å². The Morgan fingerprint density at radius 2 is 2.06 bits per heavy atom. The maximum Gasteiger partial charge on any atom is 0.310 e. The maximum absolute atomic E-state index is 11.8. The molecule has 0 aromatic carbocycles. The average molecular weight is 277 g/mol. The van der Waals surface area contributed by atoms with Crippen LogP contribution in [-0.4, -0.2) is 49.7 Å². The molecule has 0 radical (unpaired) electrons. The second-order valence-corrected chi connectivity index (χ2v) is 5.07. The predicted molar refractivity (Wildman–Crippen MR) is 74.1 cm³/mol. The molecule has 2 rings (SSSR count). The summed E-state index contributed by atoms with van der Waals surface area (Å²) in [6.07, 6.45) is 4.57. The quantitative estimate of drug-likeness (QED) is 0.792. The van der Waals surface area contributed by atoms with Crippen LogP contribution >= 0.6 is 12.4 Å². The smallest absolute Gasteiger partial charge is 0.310 e. The first-order valence-electron chi connectivity index (χ1n) is 6.92. The summed E-state index contributed by atoms with van der Waals surface area (Å²) >= 11 is 0. The van der Waals surface area contributed by atoms with Gasteiger partial charge in [-0.3, -0.25) is 9.69 Å². The first-order valence-corrected chi connectivity index (χ1v) is 6.92. The lowest BCUT2D eigenvalue weighted by Crippen LogP contribution is -2.48. The molecule has 0 aromatic rings. The van der Waals surface area contributed by atoms with E-state index in [1.54, 1.807) is 0 Å². The highest BCUT2D eigenvalue weighted by molar-refractivity contribution is 5.85. The minimum absolute atomic E-state index is 0. The minimum atomic E-state index is 0. The predicted octanol–water partition coefficient (Wildman–Crippen LogP) is 1.44. The van der Waals surface area contributed by atoms with Gasteiger partial charge in [-0.2, -0.15) is 0 Å². The Morgan fingerprint density at radius 1 is 1.33 bits per heavy atom. The number of likely N-dealkylation sites (tertiary alicyclic amines) is 1. The molecule has 1 unspecified atom stereocenters. The SMILES string of the molecule is CCOC(=O)C1CCCN(C2CCNCC2)C1.Cl. The van der Waals surface area contributed by atoms with Crippen molar-refractivity contribution in [3.63, 3.8) is 0 Å². The number of ether oxygens (including phenoxy) is 1. The summed E-state index contributed by atoms with van der Waals surface area (Å²) in [4.78, 5) is 14.3. The fourth-order valence-electron chi connectivity index (χ4n) is 2.96. The molecule has 0 aliphatic carbocycles. The van der Waals surface area contributed by atoms with Gasteiger partial charge in [0.25, 0.3) is 0 Å². The molecule has 0 bridgehead atoms. The van der Waals surface area contributed by atoms with Crippen molar-refractivity contribution in [2.75, 3.05) is 32.8 Å². The Balaban J connectivity index is 0.00000162. The first kappa shape index (κ1) is 15.7. The molecule has 0 amide bonds. The minimum Gasteiger partial charge on any atom is -0.466 e. The molecular weight excluding hydrogens is 252 g/mol. The fourth-order valence-corrected chi connectivity index (χ4v) is 2.96. The molecule has 2 aliphatic rings. The summed E-state index contributed by atoms with van der Waals surface area (Å²) in [5.74, 6) is 0.115. The van der Waals surface area contributed by atoms with Crippen molar-refractivity contribution in [1.29, 1.82) is 0 Å². The van der Waals surface area contributed by atoms with Gasteiger partial charge in [-0.25, -0.2) is 0 Å². The molecule has 0 aromatic heterocycles. The zero-order valence-corrected chi connectivity index (χ0v) is 12.0. The molecule has 2 fully saturated rings. The Morgan fingerprint density at radius 3 is 2.72 bits per heavy atom. The van der Waals surface area contributed by atoms with Crippen LogP contribution in [0.1, 0.15) is 32.6 Å². The van der Waals surface area contributed by atoms with E-state index in [1.807, 2.05) is 6.92 Å². The Kier molecular flexibility index (Phi) is 6.97. The summed E-state index contributed by atoms with van der Waals surface area (Å²) in [6, 6.07) is 0.675. The van der Waals surface area contributed by atoms with E-state index in [0.29, 0.717) is 12.6 Å². The monoisotopic (exact) mass is 276 g/mol.